The van der Waals surface area contributed by atoms with Crippen molar-refractivity contribution in [3.8, 4) is 11.5 Å². The van der Waals surface area contributed by atoms with E-state index >= 15 is 0 Å². The van der Waals surface area contributed by atoms with E-state index in [2.05, 4.69) is 0 Å². The fourth-order valence-corrected chi connectivity index (χ4v) is 2.42. The van der Waals surface area contributed by atoms with E-state index in [4.69, 9.17) is 15.2 Å². The van der Waals surface area contributed by atoms with Crippen molar-refractivity contribution in [3.63, 3.8) is 0 Å². The highest BCUT2D eigenvalue weighted by atomic mass is 16.6. The SMILES string of the molecule is CC(OC(=O)C1CCC1)[C@H](C)OC(=O)[C@@H](N)Cc1ccc(O)c(O)c1. The van der Waals surface area contributed by atoms with E-state index in [-0.39, 0.29) is 29.8 Å². The van der Waals surface area contributed by atoms with Gasteiger partial charge in [-0.3, -0.25) is 9.59 Å². The van der Waals surface area contributed by atoms with E-state index in [9.17, 15) is 19.8 Å². The zero-order chi connectivity index (χ0) is 18.6. The Balaban J connectivity index is 1.82. The molecule has 1 aromatic carbocycles. The Bertz CT molecular complexity index is 628. The van der Waals surface area contributed by atoms with Gasteiger partial charge in [0.15, 0.2) is 11.5 Å². The summed E-state index contributed by atoms with van der Waals surface area (Å²) in [4.78, 5) is 23.9. The molecular weight excluding hydrogens is 326 g/mol. The van der Waals surface area contributed by atoms with E-state index in [0.717, 1.165) is 19.3 Å². The fourth-order valence-electron chi connectivity index (χ4n) is 2.42. The Morgan fingerprint density at radius 2 is 1.80 bits per heavy atom. The number of esters is 2. The molecule has 1 aliphatic rings. The van der Waals surface area contributed by atoms with E-state index in [1.54, 1.807) is 19.9 Å². The molecule has 1 saturated carbocycles. The van der Waals surface area contributed by atoms with Gasteiger partial charge in [-0.2, -0.15) is 0 Å². The number of nitrogens with two attached hydrogens (primary N) is 1. The van der Waals surface area contributed by atoms with Crippen molar-refractivity contribution in [2.24, 2.45) is 11.7 Å². The number of rotatable bonds is 7. The molecule has 0 bridgehead atoms. The maximum absolute atomic E-state index is 12.1. The second kappa shape index (κ2) is 8.20. The molecule has 1 unspecified atom stereocenters. The summed E-state index contributed by atoms with van der Waals surface area (Å²) in [7, 11) is 0. The number of carbonyl (C=O) groups excluding carboxylic acids is 2. The van der Waals surface area contributed by atoms with Crippen LogP contribution in [0.2, 0.25) is 0 Å². The highest BCUT2D eigenvalue weighted by molar-refractivity contribution is 5.76. The van der Waals surface area contributed by atoms with E-state index in [1.807, 2.05) is 0 Å². The average molecular weight is 351 g/mol. The zero-order valence-electron chi connectivity index (χ0n) is 14.5. The van der Waals surface area contributed by atoms with Crippen LogP contribution in [0.1, 0.15) is 38.7 Å². The van der Waals surface area contributed by atoms with Crippen LogP contribution < -0.4 is 5.73 Å². The third-order valence-corrected chi connectivity index (χ3v) is 4.50. The van der Waals surface area contributed by atoms with Crippen molar-refractivity contribution >= 4 is 11.9 Å². The molecule has 25 heavy (non-hydrogen) atoms. The molecule has 1 aliphatic carbocycles. The van der Waals surface area contributed by atoms with Gasteiger partial charge in [0.25, 0.3) is 0 Å². The van der Waals surface area contributed by atoms with Gasteiger partial charge in [0.2, 0.25) is 0 Å². The molecule has 3 atom stereocenters. The Kier molecular flexibility index (Phi) is 6.25. The molecule has 0 saturated heterocycles. The lowest BCUT2D eigenvalue weighted by Crippen LogP contribution is -2.40. The third kappa shape index (κ3) is 5.09. The summed E-state index contributed by atoms with van der Waals surface area (Å²) in [6.45, 7) is 3.33. The summed E-state index contributed by atoms with van der Waals surface area (Å²) >= 11 is 0. The molecule has 0 amide bonds. The number of phenolic OH excluding ortho intramolecular Hbond substituents is 2. The van der Waals surface area contributed by atoms with Crippen LogP contribution in [-0.2, 0) is 25.5 Å². The first kappa shape index (κ1) is 19.1. The summed E-state index contributed by atoms with van der Waals surface area (Å²) in [6.07, 6.45) is 1.72. The van der Waals surface area contributed by atoms with Crippen molar-refractivity contribution in [3.05, 3.63) is 23.8 Å². The molecule has 0 aliphatic heterocycles. The monoisotopic (exact) mass is 351 g/mol. The lowest BCUT2D eigenvalue weighted by Gasteiger charge is -2.27. The van der Waals surface area contributed by atoms with Gasteiger partial charge < -0.3 is 25.4 Å². The molecule has 1 aromatic rings. The standard InChI is InChI=1S/C18H25NO6/c1-10(24-17(22)13-4-3-5-13)11(2)25-18(23)14(19)8-12-6-7-15(20)16(21)9-12/h6-7,9-11,13-14,20-21H,3-5,8,19H2,1-2H3/t10?,11-,14-/m0/s1. The number of hydrogen-bond acceptors (Lipinski definition) is 7. The molecule has 4 N–H and O–H groups in total. The summed E-state index contributed by atoms with van der Waals surface area (Å²) in [5.74, 6) is -1.41. The fraction of sp³-hybridized carbons (Fsp3) is 0.556. The van der Waals surface area contributed by atoms with Crippen LogP contribution in [0.4, 0.5) is 0 Å². The number of ether oxygens (including phenoxy) is 2. The van der Waals surface area contributed by atoms with Crippen LogP contribution >= 0.6 is 0 Å². The Morgan fingerprint density at radius 1 is 1.16 bits per heavy atom. The lowest BCUT2D eigenvalue weighted by atomic mass is 9.86. The number of benzene rings is 1. The normalized spacial score (nSPS) is 17.9. The average Bonchev–Trinajstić information content (AvgIpc) is 2.48. The van der Waals surface area contributed by atoms with Crippen molar-refractivity contribution in [1.29, 1.82) is 0 Å². The molecule has 7 nitrogen and oxygen atoms in total. The summed E-state index contributed by atoms with van der Waals surface area (Å²) < 4.78 is 10.6. The summed E-state index contributed by atoms with van der Waals surface area (Å²) in [5, 5.41) is 18.8. The van der Waals surface area contributed by atoms with Gasteiger partial charge in [0.1, 0.15) is 18.2 Å². The highest BCUT2D eigenvalue weighted by Gasteiger charge is 2.30. The van der Waals surface area contributed by atoms with Gasteiger partial charge in [-0.05, 0) is 50.8 Å². The van der Waals surface area contributed by atoms with Gasteiger partial charge in [0, 0.05) is 0 Å². The van der Waals surface area contributed by atoms with Crippen LogP contribution in [-0.4, -0.2) is 40.4 Å². The smallest absolute Gasteiger partial charge is 0.323 e. The van der Waals surface area contributed by atoms with Crippen molar-refractivity contribution in [2.45, 2.75) is 57.8 Å². The first-order chi connectivity index (χ1) is 11.8. The van der Waals surface area contributed by atoms with Crippen LogP contribution in [0.3, 0.4) is 0 Å². The number of phenols is 2. The highest BCUT2D eigenvalue weighted by Crippen LogP contribution is 2.28. The van der Waals surface area contributed by atoms with Gasteiger partial charge in [0.05, 0.1) is 5.92 Å². The maximum atomic E-state index is 12.1. The Labute approximate surface area is 146 Å². The van der Waals surface area contributed by atoms with Crippen molar-refractivity contribution in [1.82, 2.24) is 0 Å². The van der Waals surface area contributed by atoms with Crippen LogP contribution in [0.5, 0.6) is 11.5 Å². The predicted molar refractivity (Wildman–Crippen MR) is 89.9 cm³/mol. The van der Waals surface area contributed by atoms with Crippen molar-refractivity contribution < 1.29 is 29.3 Å². The minimum atomic E-state index is -0.930. The van der Waals surface area contributed by atoms with Gasteiger partial charge in [-0.15, -0.1) is 0 Å². The number of aromatic hydroxyl groups is 2. The second-order valence-corrected chi connectivity index (χ2v) is 6.55. The molecule has 0 radical (unpaired) electrons. The minimum Gasteiger partial charge on any atom is -0.504 e. The molecule has 1 fully saturated rings. The van der Waals surface area contributed by atoms with Gasteiger partial charge in [-0.1, -0.05) is 12.5 Å². The molecule has 0 aromatic heterocycles. The second-order valence-electron chi connectivity index (χ2n) is 6.55. The van der Waals surface area contributed by atoms with Crippen LogP contribution in [0, 0.1) is 5.92 Å². The Morgan fingerprint density at radius 3 is 2.36 bits per heavy atom. The Hall–Kier alpha value is -2.28. The largest absolute Gasteiger partial charge is 0.504 e. The lowest BCUT2D eigenvalue weighted by molar-refractivity contribution is -0.170. The first-order valence-corrected chi connectivity index (χ1v) is 8.45. The predicted octanol–water partition coefficient (Wildman–Crippen LogP) is 1.63. The molecular formula is C18H25NO6. The van der Waals surface area contributed by atoms with Gasteiger partial charge in [-0.25, -0.2) is 0 Å². The molecule has 7 heteroatoms. The molecule has 0 spiro atoms. The maximum Gasteiger partial charge on any atom is 0.323 e. The van der Waals surface area contributed by atoms with Crippen molar-refractivity contribution in [2.75, 3.05) is 0 Å². The zero-order valence-corrected chi connectivity index (χ0v) is 14.5. The van der Waals surface area contributed by atoms with Crippen LogP contribution in [0.15, 0.2) is 18.2 Å². The number of hydrogen-bond donors (Lipinski definition) is 3. The van der Waals surface area contributed by atoms with E-state index in [0.29, 0.717) is 5.56 Å². The van der Waals surface area contributed by atoms with Gasteiger partial charge >= 0.3 is 11.9 Å². The third-order valence-electron chi connectivity index (χ3n) is 4.50. The van der Waals surface area contributed by atoms with E-state index < -0.39 is 24.2 Å². The summed E-state index contributed by atoms with van der Waals surface area (Å²) in [5.41, 5.74) is 6.43. The molecule has 2 rings (SSSR count). The number of carbonyl (C=O) groups is 2. The molecule has 0 heterocycles. The quantitative estimate of drug-likeness (QED) is 0.504. The minimum absolute atomic E-state index is 0.0326. The molecule has 138 valence electrons. The van der Waals surface area contributed by atoms with E-state index in [1.165, 1.54) is 12.1 Å². The topological polar surface area (TPSA) is 119 Å². The summed E-state index contributed by atoms with van der Waals surface area (Å²) in [6, 6.07) is 3.30. The first-order valence-electron chi connectivity index (χ1n) is 8.45. The van der Waals surface area contributed by atoms with Crippen LogP contribution in [0.25, 0.3) is 0 Å².